The molecule has 12 aromatic rings. The molecule has 66 heavy (non-hydrogen) atoms. The lowest BCUT2D eigenvalue weighted by atomic mass is 9.91. The predicted octanol–water partition coefficient (Wildman–Crippen LogP) is 18.2. The van der Waals surface area contributed by atoms with E-state index in [1.54, 1.807) is 0 Å². The number of rotatable bonds is 9. The van der Waals surface area contributed by atoms with Crippen LogP contribution >= 0.6 is 0 Å². The van der Waals surface area contributed by atoms with E-state index in [4.69, 9.17) is 4.42 Å². The van der Waals surface area contributed by atoms with Gasteiger partial charge in [0.2, 0.25) is 0 Å². The molecule has 0 N–H and O–H groups in total. The number of fused-ring (bicyclic) bond motifs is 4. The molecule has 0 aliphatic carbocycles. The molecule has 0 saturated heterocycles. The molecule has 0 fully saturated rings. The summed E-state index contributed by atoms with van der Waals surface area (Å²) in [5, 5.41) is 4.75. The lowest BCUT2D eigenvalue weighted by molar-refractivity contribution is 0.669. The largest absolute Gasteiger partial charge is 0.456 e. The minimum absolute atomic E-state index is 0.894. The summed E-state index contributed by atoms with van der Waals surface area (Å²) >= 11 is 0. The van der Waals surface area contributed by atoms with Gasteiger partial charge in [0.25, 0.3) is 0 Å². The molecule has 2 heteroatoms. The molecular formula is C64H43NO. The van der Waals surface area contributed by atoms with E-state index < -0.39 is 0 Å². The maximum atomic E-state index is 6.20. The van der Waals surface area contributed by atoms with E-state index >= 15 is 0 Å². The summed E-state index contributed by atoms with van der Waals surface area (Å²) in [7, 11) is 0. The quantitative estimate of drug-likeness (QED) is 0.144. The van der Waals surface area contributed by atoms with Gasteiger partial charge in [0, 0.05) is 27.8 Å². The van der Waals surface area contributed by atoms with Gasteiger partial charge in [0.1, 0.15) is 11.2 Å². The standard InChI is InChI=1S/C64H43NO/c1-3-12-44(13-4-1)54-32-38-59(49-15-5-2-6-16-49)61(42-54)50-30-36-57(37-31-50)65(58-19-11-18-52(41-58)55-33-39-64-62(43-55)60-20-9-10-21-63(60)66-64)56-34-28-47(29-35-56)46-22-24-48(25-23-46)53-27-26-45-14-7-8-17-51(45)40-53/h1-43H. The van der Waals surface area contributed by atoms with E-state index in [0.29, 0.717) is 0 Å². The Labute approximate surface area is 384 Å². The number of para-hydroxylation sites is 1. The minimum Gasteiger partial charge on any atom is -0.456 e. The predicted molar refractivity (Wildman–Crippen MR) is 279 cm³/mol. The summed E-state index contributed by atoms with van der Waals surface area (Å²) in [5.41, 5.74) is 19.2. The van der Waals surface area contributed by atoms with Crippen LogP contribution in [0.2, 0.25) is 0 Å². The van der Waals surface area contributed by atoms with E-state index in [9.17, 15) is 0 Å². The van der Waals surface area contributed by atoms with Crippen LogP contribution in [0.15, 0.2) is 265 Å². The van der Waals surface area contributed by atoms with Crippen molar-refractivity contribution in [2.75, 3.05) is 4.90 Å². The van der Waals surface area contributed by atoms with Crippen LogP contribution in [0.1, 0.15) is 0 Å². The minimum atomic E-state index is 0.894. The Bertz CT molecular complexity index is 3660. The first-order chi connectivity index (χ1) is 32.7. The Hall–Kier alpha value is -8.72. The molecule has 1 heterocycles. The maximum Gasteiger partial charge on any atom is 0.135 e. The summed E-state index contributed by atoms with van der Waals surface area (Å²) in [4.78, 5) is 2.37. The molecular weight excluding hydrogens is 799 g/mol. The van der Waals surface area contributed by atoms with Crippen LogP contribution in [0, 0.1) is 0 Å². The van der Waals surface area contributed by atoms with Crippen LogP contribution < -0.4 is 4.90 Å². The van der Waals surface area contributed by atoms with Gasteiger partial charge >= 0.3 is 0 Å². The van der Waals surface area contributed by atoms with Gasteiger partial charge in [0.05, 0.1) is 0 Å². The Balaban J connectivity index is 0.928. The monoisotopic (exact) mass is 841 g/mol. The van der Waals surface area contributed by atoms with E-state index in [2.05, 4.69) is 254 Å². The molecule has 0 radical (unpaired) electrons. The molecule has 0 saturated carbocycles. The molecule has 12 rings (SSSR count). The Kier molecular flexibility index (Phi) is 9.89. The second-order valence-electron chi connectivity index (χ2n) is 16.9. The van der Waals surface area contributed by atoms with Crippen molar-refractivity contribution in [2.45, 2.75) is 0 Å². The Morgan fingerprint density at radius 3 is 1.44 bits per heavy atom. The van der Waals surface area contributed by atoms with E-state index in [0.717, 1.165) is 55.7 Å². The fourth-order valence-electron chi connectivity index (χ4n) is 9.46. The highest BCUT2D eigenvalue weighted by Crippen LogP contribution is 2.42. The molecule has 0 atom stereocenters. The molecule has 11 aromatic carbocycles. The Morgan fingerprint density at radius 2 is 0.697 bits per heavy atom. The number of hydrogen-bond donors (Lipinski definition) is 0. The second-order valence-corrected chi connectivity index (χ2v) is 16.9. The summed E-state index contributed by atoms with van der Waals surface area (Å²) in [5.74, 6) is 0. The average Bonchev–Trinajstić information content (AvgIpc) is 3.78. The summed E-state index contributed by atoms with van der Waals surface area (Å²) < 4.78 is 6.20. The first-order valence-corrected chi connectivity index (χ1v) is 22.6. The summed E-state index contributed by atoms with van der Waals surface area (Å²) in [6.07, 6.45) is 0. The number of hydrogen-bond acceptors (Lipinski definition) is 2. The lowest BCUT2D eigenvalue weighted by Crippen LogP contribution is -2.10. The van der Waals surface area contributed by atoms with Crippen LogP contribution in [0.3, 0.4) is 0 Å². The van der Waals surface area contributed by atoms with Crippen LogP contribution in [-0.4, -0.2) is 0 Å². The van der Waals surface area contributed by atoms with Crippen molar-refractivity contribution in [1.82, 2.24) is 0 Å². The van der Waals surface area contributed by atoms with Crippen LogP contribution in [0.25, 0.3) is 99.5 Å². The molecule has 1 aromatic heterocycles. The summed E-state index contributed by atoms with van der Waals surface area (Å²) in [6, 6.07) is 94.0. The van der Waals surface area contributed by atoms with E-state index in [1.807, 2.05) is 12.1 Å². The van der Waals surface area contributed by atoms with Gasteiger partial charge in [-0.2, -0.15) is 0 Å². The third-order valence-corrected chi connectivity index (χ3v) is 12.9. The maximum absolute atomic E-state index is 6.20. The molecule has 0 spiro atoms. The van der Waals surface area contributed by atoms with Crippen LogP contribution in [-0.2, 0) is 0 Å². The number of anilines is 3. The number of nitrogens with zero attached hydrogens (tertiary/aromatic N) is 1. The second kappa shape index (κ2) is 16.8. The molecule has 0 aliphatic heterocycles. The zero-order valence-corrected chi connectivity index (χ0v) is 36.2. The highest BCUT2D eigenvalue weighted by molar-refractivity contribution is 6.06. The lowest BCUT2D eigenvalue weighted by Gasteiger charge is -2.26. The third-order valence-electron chi connectivity index (χ3n) is 12.9. The first-order valence-electron chi connectivity index (χ1n) is 22.6. The molecule has 2 nitrogen and oxygen atoms in total. The van der Waals surface area contributed by atoms with Crippen LogP contribution in [0.5, 0.6) is 0 Å². The van der Waals surface area contributed by atoms with Gasteiger partial charge in [-0.25, -0.2) is 0 Å². The van der Waals surface area contributed by atoms with Gasteiger partial charge in [-0.1, -0.05) is 194 Å². The van der Waals surface area contributed by atoms with Gasteiger partial charge in [-0.05, 0) is 144 Å². The topological polar surface area (TPSA) is 16.4 Å². The Morgan fingerprint density at radius 1 is 0.227 bits per heavy atom. The van der Waals surface area contributed by atoms with Crippen molar-refractivity contribution in [3.05, 3.63) is 261 Å². The van der Waals surface area contributed by atoms with Crippen molar-refractivity contribution >= 4 is 49.8 Å². The van der Waals surface area contributed by atoms with Crippen molar-refractivity contribution in [1.29, 1.82) is 0 Å². The fourth-order valence-corrected chi connectivity index (χ4v) is 9.46. The molecule has 0 unspecified atom stereocenters. The van der Waals surface area contributed by atoms with Gasteiger partial charge in [0.15, 0.2) is 0 Å². The third kappa shape index (κ3) is 7.41. The zero-order chi connectivity index (χ0) is 43.8. The van der Waals surface area contributed by atoms with Crippen molar-refractivity contribution < 1.29 is 4.42 Å². The van der Waals surface area contributed by atoms with Gasteiger partial charge in [-0.3, -0.25) is 0 Å². The number of furan rings is 1. The molecule has 0 aliphatic rings. The number of benzene rings is 11. The van der Waals surface area contributed by atoms with Crippen molar-refractivity contribution in [3.63, 3.8) is 0 Å². The smallest absolute Gasteiger partial charge is 0.135 e. The summed E-state index contributed by atoms with van der Waals surface area (Å²) in [6.45, 7) is 0. The SMILES string of the molecule is c1ccc(-c2ccc(-c3ccccc3)c(-c3ccc(N(c4ccc(-c5ccc(-c6ccc7ccccc7c6)cc5)cc4)c4cccc(-c5ccc6oc7ccccc7c6c5)c4)cc3)c2)cc1. The highest BCUT2D eigenvalue weighted by atomic mass is 16.3. The van der Waals surface area contributed by atoms with Gasteiger partial charge in [-0.15, -0.1) is 0 Å². The highest BCUT2D eigenvalue weighted by Gasteiger charge is 2.17. The van der Waals surface area contributed by atoms with Crippen LogP contribution in [0.4, 0.5) is 17.1 Å². The van der Waals surface area contributed by atoms with E-state index in [1.165, 1.54) is 60.8 Å². The van der Waals surface area contributed by atoms with E-state index in [-0.39, 0.29) is 0 Å². The average molecular weight is 842 g/mol. The van der Waals surface area contributed by atoms with Crippen molar-refractivity contribution in [2.24, 2.45) is 0 Å². The van der Waals surface area contributed by atoms with Gasteiger partial charge < -0.3 is 9.32 Å². The normalized spacial score (nSPS) is 11.3. The molecule has 310 valence electrons. The molecule has 0 amide bonds. The zero-order valence-electron chi connectivity index (χ0n) is 36.2. The molecule has 0 bridgehead atoms. The van der Waals surface area contributed by atoms with Crippen molar-refractivity contribution in [3.8, 4) is 66.8 Å². The fraction of sp³-hybridized carbons (Fsp3) is 0. The first kappa shape index (κ1) is 38.9.